The van der Waals surface area contributed by atoms with Crippen LogP contribution in [0.2, 0.25) is 0 Å². The van der Waals surface area contributed by atoms with Crippen LogP contribution < -0.4 is 5.73 Å². The van der Waals surface area contributed by atoms with Crippen LogP contribution in [0.15, 0.2) is 29.2 Å². The molecule has 1 aromatic carbocycles. The van der Waals surface area contributed by atoms with E-state index in [1.807, 2.05) is 13.8 Å². The van der Waals surface area contributed by atoms with Crippen molar-refractivity contribution in [2.75, 3.05) is 12.3 Å². The van der Waals surface area contributed by atoms with Crippen molar-refractivity contribution in [2.45, 2.75) is 25.2 Å². The van der Waals surface area contributed by atoms with Gasteiger partial charge in [0.1, 0.15) is 10.7 Å². The second-order valence-electron chi connectivity index (χ2n) is 4.87. The summed E-state index contributed by atoms with van der Waals surface area (Å²) in [7, 11) is -3.56. The zero-order valence-electron chi connectivity index (χ0n) is 10.1. The lowest BCUT2D eigenvalue weighted by Gasteiger charge is -2.21. The van der Waals surface area contributed by atoms with E-state index in [9.17, 15) is 12.8 Å². The Hall–Kier alpha value is -0.940. The number of hydrogen-bond acceptors (Lipinski definition) is 3. The third kappa shape index (κ3) is 3.78. The highest BCUT2D eigenvalue weighted by molar-refractivity contribution is 7.91. The molecule has 0 aromatic heterocycles. The number of hydrogen-bond donors (Lipinski definition) is 1. The van der Waals surface area contributed by atoms with E-state index in [1.54, 1.807) is 0 Å². The quantitative estimate of drug-likeness (QED) is 0.879. The fourth-order valence-corrected chi connectivity index (χ4v) is 3.01. The number of nitrogens with two attached hydrogens (primary N) is 1. The number of sulfone groups is 1. The lowest BCUT2D eigenvalue weighted by molar-refractivity contribution is 0.364. The maximum absolute atomic E-state index is 13.4. The molecule has 0 bridgehead atoms. The molecule has 0 aliphatic heterocycles. The van der Waals surface area contributed by atoms with Gasteiger partial charge in [0.25, 0.3) is 0 Å². The van der Waals surface area contributed by atoms with Crippen LogP contribution in [0.25, 0.3) is 0 Å². The van der Waals surface area contributed by atoms with Crippen LogP contribution in [-0.4, -0.2) is 20.7 Å². The molecule has 3 nitrogen and oxygen atoms in total. The monoisotopic (exact) mass is 259 g/mol. The fourth-order valence-electron chi connectivity index (χ4n) is 1.32. The van der Waals surface area contributed by atoms with Crippen molar-refractivity contribution in [2.24, 2.45) is 11.1 Å². The Labute approximate surface area is 102 Å². The van der Waals surface area contributed by atoms with Crippen LogP contribution in [0, 0.1) is 11.2 Å². The highest BCUT2D eigenvalue weighted by Gasteiger charge is 2.23. The van der Waals surface area contributed by atoms with Gasteiger partial charge in [-0.15, -0.1) is 0 Å². The van der Waals surface area contributed by atoms with Gasteiger partial charge in [-0.2, -0.15) is 0 Å². The Kier molecular flexibility index (Phi) is 4.27. The summed E-state index contributed by atoms with van der Waals surface area (Å²) < 4.78 is 37.3. The van der Waals surface area contributed by atoms with Crippen molar-refractivity contribution in [3.63, 3.8) is 0 Å². The smallest absolute Gasteiger partial charge is 0.181 e. The molecule has 96 valence electrons. The summed E-state index contributed by atoms with van der Waals surface area (Å²) in [6.07, 6.45) is 0.417. The van der Waals surface area contributed by atoms with E-state index < -0.39 is 15.7 Å². The normalized spacial score (nSPS) is 12.7. The van der Waals surface area contributed by atoms with Crippen LogP contribution in [0.4, 0.5) is 4.39 Å². The second-order valence-corrected chi connectivity index (χ2v) is 6.95. The Morgan fingerprint density at radius 3 is 2.41 bits per heavy atom. The van der Waals surface area contributed by atoms with E-state index in [0.717, 1.165) is 6.07 Å². The first-order valence-electron chi connectivity index (χ1n) is 5.46. The largest absolute Gasteiger partial charge is 0.330 e. The van der Waals surface area contributed by atoms with E-state index in [-0.39, 0.29) is 16.1 Å². The Balaban J connectivity index is 2.88. The topological polar surface area (TPSA) is 60.2 Å². The molecule has 0 amide bonds. The van der Waals surface area contributed by atoms with Crippen molar-refractivity contribution in [1.82, 2.24) is 0 Å². The molecular formula is C12H18FNO2S. The van der Waals surface area contributed by atoms with E-state index in [4.69, 9.17) is 5.73 Å². The van der Waals surface area contributed by atoms with Gasteiger partial charge in [0.05, 0.1) is 5.75 Å². The molecule has 0 radical (unpaired) electrons. The van der Waals surface area contributed by atoms with Crippen molar-refractivity contribution in [3.8, 4) is 0 Å². The maximum atomic E-state index is 13.4. The molecule has 0 saturated heterocycles. The Morgan fingerprint density at radius 1 is 1.29 bits per heavy atom. The van der Waals surface area contributed by atoms with Crippen LogP contribution in [-0.2, 0) is 9.84 Å². The number of benzene rings is 1. The van der Waals surface area contributed by atoms with E-state index in [0.29, 0.717) is 13.0 Å². The van der Waals surface area contributed by atoms with Crippen molar-refractivity contribution in [3.05, 3.63) is 30.1 Å². The van der Waals surface area contributed by atoms with E-state index in [1.165, 1.54) is 18.2 Å². The molecule has 0 aliphatic carbocycles. The standard InChI is InChI=1S/C12H18FNO2S/c1-12(2,9-14)7-8-17(15,16)11-6-4-3-5-10(11)13/h3-6H,7-9,14H2,1-2H3. The lowest BCUT2D eigenvalue weighted by atomic mass is 9.91. The molecule has 0 fully saturated rings. The first-order valence-corrected chi connectivity index (χ1v) is 7.11. The average molecular weight is 259 g/mol. The minimum absolute atomic E-state index is 0.0852. The molecule has 0 spiro atoms. The summed E-state index contributed by atoms with van der Waals surface area (Å²) >= 11 is 0. The number of rotatable bonds is 5. The first-order chi connectivity index (χ1) is 7.78. The zero-order valence-corrected chi connectivity index (χ0v) is 10.9. The molecule has 0 aliphatic rings. The van der Waals surface area contributed by atoms with Crippen molar-refractivity contribution < 1.29 is 12.8 Å². The summed E-state index contributed by atoms with van der Waals surface area (Å²) in [4.78, 5) is -0.229. The summed E-state index contributed by atoms with van der Waals surface area (Å²) in [5.74, 6) is -0.781. The summed E-state index contributed by atoms with van der Waals surface area (Å²) in [6.45, 7) is 4.19. The second kappa shape index (κ2) is 5.14. The van der Waals surface area contributed by atoms with Gasteiger partial charge in [0.2, 0.25) is 0 Å². The van der Waals surface area contributed by atoms with Gasteiger partial charge in [-0.3, -0.25) is 0 Å². The minimum Gasteiger partial charge on any atom is -0.330 e. The van der Waals surface area contributed by atoms with Crippen LogP contribution in [0.5, 0.6) is 0 Å². The molecule has 0 atom stereocenters. The zero-order chi connectivity index (χ0) is 13.1. The average Bonchev–Trinajstić information content (AvgIpc) is 2.27. The summed E-state index contributed by atoms with van der Waals surface area (Å²) in [6, 6.07) is 5.43. The van der Waals surface area contributed by atoms with Crippen LogP contribution in [0.1, 0.15) is 20.3 Å². The van der Waals surface area contributed by atoms with Gasteiger partial charge in [-0.25, -0.2) is 12.8 Å². The fraction of sp³-hybridized carbons (Fsp3) is 0.500. The molecule has 17 heavy (non-hydrogen) atoms. The van der Waals surface area contributed by atoms with Gasteiger partial charge in [-0.05, 0) is 30.5 Å². The Morgan fingerprint density at radius 2 is 1.88 bits per heavy atom. The predicted octanol–water partition coefficient (Wildman–Crippen LogP) is 1.97. The van der Waals surface area contributed by atoms with Crippen LogP contribution in [0.3, 0.4) is 0 Å². The minimum atomic E-state index is -3.56. The van der Waals surface area contributed by atoms with Crippen molar-refractivity contribution >= 4 is 9.84 Å². The third-order valence-electron chi connectivity index (χ3n) is 2.77. The maximum Gasteiger partial charge on any atom is 0.181 e. The highest BCUT2D eigenvalue weighted by Crippen LogP contribution is 2.23. The van der Waals surface area contributed by atoms with E-state index in [2.05, 4.69) is 0 Å². The molecule has 0 unspecified atom stereocenters. The van der Waals surface area contributed by atoms with Gasteiger partial charge >= 0.3 is 0 Å². The Bertz CT molecular complexity index is 483. The number of halogens is 1. The van der Waals surface area contributed by atoms with Gasteiger partial charge < -0.3 is 5.73 Å². The SMILES string of the molecule is CC(C)(CN)CCS(=O)(=O)c1ccccc1F. The molecule has 0 saturated carbocycles. The molecule has 1 aromatic rings. The van der Waals surface area contributed by atoms with Gasteiger partial charge in [0, 0.05) is 0 Å². The first kappa shape index (κ1) is 14.1. The highest BCUT2D eigenvalue weighted by atomic mass is 32.2. The van der Waals surface area contributed by atoms with E-state index >= 15 is 0 Å². The van der Waals surface area contributed by atoms with Crippen molar-refractivity contribution in [1.29, 1.82) is 0 Å². The van der Waals surface area contributed by atoms with Gasteiger partial charge in [0.15, 0.2) is 9.84 Å². The van der Waals surface area contributed by atoms with Gasteiger partial charge in [-0.1, -0.05) is 26.0 Å². The molecule has 0 heterocycles. The predicted molar refractivity (Wildman–Crippen MR) is 65.9 cm³/mol. The summed E-state index contributed by atoms with van der Waals surface area (Å²) in [5.41, 5.74) is 5.28. The third-order valence-corrected chi connectivity index (χ3v) is 4.51. The lowest BCUT2D eigenvalue weighted by Crippen LogP contribution is -2.26. The summed E-state index contributed by atoms with van der Waals surface area (Å²) in [5, 5.41) is 0. The molecule has 1 rings (SSSR count). The van der Waals surface area contributed by atoms with Crippen LogP contribution >= 0.6 is 0 Å². The molecular weight excluding hydrogens is 241 g/mol. The molecule has 5 heteroatoms. The molecule has 2 N–H and O–H groups in total.